The van der Waals surface area contributed by atoms with Crippen LogP contribution in [0.15, 0.2) is 0 Å². The van der Waals surface area contributed by atoms with E-state index < -0.39 is 23.9 Å². The monoisotopic (exact) mass is 833 g/mol. The summed E-state index contributed by atoms with van der Waals surface area (Å²) in [4.78, 5) is 74.5. The lowest BCUT2D eigenvalue weighted by Gasteiger charge is -2.29. The lowest BCUT2D eigenvalue weighted by atomic mass is 9.86. The number of hydrogen-bond acceptors (Lipinski definition) is 9. The third-order valence-electron chi connectivity index (χ3n) is 7.97. The van der Waals surface area contributed by atoms with Gasteiger partial charge in [0.1, 0.15) is 12.8 Å². The summed E-state index contributed by atoms with van der Waals surface area (Å²) in [7, 11) is 0. The van der Waals surface area contributed by atoms with Crippen LogP contribution in [0.2, 0.25) is 0 Å². The topological polar surface area (TPSA) is 201 Å². The van der Waals surface area contributed by atoms with Gasteiger partial charge in [0.2, 0.25) is 24.0 Å². The quantitative estimate of drug-likeness (QED) is 0.0762. The molecule has 0 bridgehead atoms. The maximum Gasteiger partial charge on any atom is 0.408 e. The Bertz CT molecular complexity index is 1020. The van der Waals surface area contributed by atoms with Crippen molar-refractivity contribution in [3.05, 3.63) is 0 Å². The Morgan fingerprint density at radius 3 is 1.66 bits per heavy atom. The van der Waals surface area contributed by atoms with Gasteiger partial charge < -0.3 is 41.4 Å². The lowest BCUT2D eigenvalue weighted by molar-refractivity contribution is -0.131. The largest absolute Gasteiger partial charge is 0.447 e. The molecule has 58 heavy (non-hydrogen) atoms. The van der Waals surface area contributed by atoms with E-state index in [0.29, 0.717) is 36.9 Å². The summed E-state index contributed by atoms with van der Waals surface area (Å²) in [5.74, 6) is -0.354. The van der Waals surface area contributed by atoms with Crippen molar-refractivity contribution < 1.29 is 38.3 Å². The molecule has 14 heteroatoms. The predicted molar refractivity (Wildman–Crippen MR) is 241 cm³/mol. The molecule has 2 fully saturated rings. The highest BCUT2D eigenvalue weighted by Crippen LogP contribution is 2.23. The average Bonchev–Trinajstić information content (AvgIpc) is 4.01. The highest BCUT2D eigenvalue weighted by Gasteiger charge is 2.24. The van der Waals surface area contributed by atoms with Gasteiger partial charge in [-0.2, -0.15) is 0 Å². The fourth-order valence-corrected chi connectivity index (χ4v) is 4.46. The van der Waals surface area contributed by atoms with Crippen LogP contribution < -0.4 is 31.9 Å². The molecule has 2 aliphatic rings. The molecule has 0 saturated heterocycles. The summed E-state index contributed by atoms with van der Waals surface area (Å²) in [5.41, 5.74) is -0.0604. The smallest absolute Gasteiger partial charge is 0.408 e. The molecule has 0 aliphatic heterocycles. The summed E-state index contributed by atoms with van der Waals surface area (Å²) in [6.07, 6.45) is 10.0. The normalized spacial score (nSPS) is 16.2. The summed E-state index contributed by atoms with van der Waals surface area (Å²) >= 11 is 0. The number of hydrogen-bond donors (Lipinski definition) is 6. The van der Waals surface area contributed by atoms with Crippen LogP contribution in [0.25, 0.3) is 0 Å². The number of nitrogens with one attached hydrogen (secondary N) is 6. The number of carbonyl (C=O) groups excluding carboxylic acids is 7. The van der Waals surface area contributed by atoms with Crippen molar-refractivity contribution in [2.45, 2.75) is 219 Å². The molecule has 14 nitrogen and oxygen atoms in total. The van der Waals surface area contributed by atoms with Gasteiger partial charge in [0.15, 0.2) is 0 Å². The van der Waals surface area contributed by atoms with Crippen molar-refractivity contribution in [2.24, 2.45) is 11.3 Å². The Balaban J connectivity index is -0.000000165. The first-order valence-corrected chi connectivity index (χ1v) is 21.9. The molecule has 5 amide bonds. The molecule has 0 aromatic heterocycles. The molecule has 2 rings (SSSR count). The van der Waals surface area contributed by atoms with Crippen LogP contribution in [-0.4, -0.2) is 92.2 Å². The van der Waals surface area contributed by atoms with Gasteiger partial charge in [-0.25, -0.2) is 4.79 Å². The summed E-state index contributed by atoms with van der Waals surface area (Å²) in [5, 5.41) is 16.6. The molecule has 6 N–H and O–H groups in total. The van der Waals surface area contributed by atoms with Gasteiger partial charge in [0, 0.05) is 24.2 Å². The van der Waals surface area contributed by atoms with Gasteiger partial charge >= 0.3 is 6.09 Å². The van der Waals surface area contributed by atoms with Crippen LogP contribution in [0.1, 0.15) is 182 Å². The highest BCUT2D eigenvalue weighted by molar-refractivity contribution is 6.23. The standard InChI is InChI=1S/C15H29N3O4.C14H28N2O.C5H7NO2.C3H8.3C2H6.CH2O/c1-9(2)22-14(21)17-10(3)13(20)16-8-12(19)18-11(4)15(5,6)7;1-4-7-12(3)16-14(17)10-15-13-9-6-5-8-11(13)2;7-3-5(8)6-4-1-2-4;1-3-2;4*1-2/h9-11H,8H2,1-7H3,(H,16,20)(H,17,21)(H,18,19);11-13,15H,4-10H2,1-3H3,(H,16,17);3-4H,1-2H2,(H,6,8);3H2,1-2H3;3*1-2H3;1H2/t10-,11?;;;;;;;/m0......./s1. The van der Waals surface area contributed by atoms with Crippen molar-refractivity contribution in [1.82, 2.24) is 31.9 Å². The Morgan fingerprint density at radius 2 is 1.24 bits per heavy atom. The molecule has 0 spiro atoms. The van der Waals surface area contributed by atoms with Gasteiger partial charge in [0.25, 0.3) is 5.91 Å². The SMILES string of the molecule is C=O.CC.CC.CC.CC(C)OC(=O)N[C@@H](C)C(=O)NCC(=O)NC(C)C(C)(C)C.CCC.CCCC(C)NC(=O)CNC1CCCCC1C.O=CC(=O)NC1CC1. The first-order valence-electron chi connectivity index (χ1n) is 21.9. The molecule has 4 unspecified atom stereocenters. The van der Waals surface area contributed by atoms with Gasteiger partial charge in [-0.05, 0) is 78.1 Å². The minimum atomic E-state index is -0.779. The second-order valence-electron chi connectivity index (χ2n) is 14.8. The van der Waals surface area contributed by atoms with Gasteiger partial charge in [0.05, 0.1) is 19.2 Å². The maximum absolute atomic E-state index is 11.8. The van der Waals surface area contributed by atoms with Crippen LogP contribution >= 0.6 is 0 Å². The van der Waals surface area contributed by atoms with Crippen LogP contribution in [0.5, 0.6) is 0 Å². The number of alkyl carbamates (subject to hydrolysis) is 1. The Morgan fingerprint density at radius 1 is 0.759 bits per heavy atom. The molecular weight excluding hydrogens is 741 g/mol. The van der Waals surface area contributed by atoms with Crippen molar-refractivity contribution in [1.29, 1.82) is 0 Å². The van der Waals surface area contributed by atoms with Crippen LogP contribution in [0, 0.1) is 11.3 Å². The average molecular weight is 833 g/mol. The minimum absolute atomic E-state index is 0.0199. The molecule has 2 aliphatic carbocycles. The van der Waals surface area contributed by atoms with E-state index in [1.54, 1.807) is 13.8 Å². The van der Waals surface area contributed by atoms with E-state index in [-0.39, 0.29) is 35.9 Å². The van der Waals surface area contributed by atoms with E-state index in [1.165, 1.54) is 39.0 Å². The fourth-order valence-electron chi connectivity index (χ4n) is 4.46. The number of rotatable bonds is 14. The minimum Gasteiger partial charge on any atom is -0.447 e. The summed E-state index contributed by atoms with van der Waals surface area (Å²) in [6, 6.07) is 0.342. The highest BCUT2D eigenvalue weighted by atomic mass is 16.6. The first kappa shape index (κ1) is 66.3. The van der Waals surface area contributed by atoms with E-state index in [1.807, 2.05) is 76.0 Å². The molecular formula is C44H92N6O8. The Labute approximate surface area is 355 Å². The van der Waals surface area contributed by atoms with Crippen molar-refractivity contribution in [2.75, 3.05) is 13.1 Å². The van der Waals surface area contributed by atoms with E-state index in [2.05, 4.69) is 66.5 Å². The molecule has 0 aromatic carbocycles. The summed E-state index contributed by atoms with van der Waals surface area (Å²) in [6.45, 7) is 38.0. The Hall–Kier alpha value is -3.55. The number of ether oxygens (including phenoxy) is 1. The third kappa shape index (κ3) is 45.2. The third-order valence-corrected chi connectivity index (χ3v) is 7.97. The predicted octanol–water partition coefficient (Wildman–Crippen LogP) is 7.41. The number of amides is 5. The lowest BCUT2D eigenvalue weighted by Crippen LogP contribution is -2.50. The number of carbonyl (C=O) groups is 7. The zero-order valence-electron chi connectivity index (χ0n) is 40.4. The van der Waals surface area contributed by atoms with E-state index in [4.69, 9.17) is 9.53 Å². The maximum atomic E-state index is 11.8. The van der Waals surface area contributed by atoms with E-state index >= 15 is 0 Å². The van der Waals surface area contributed by atoms with Gasteiger partial charge in [-0.3, -0.25) is 24.0 Å². The summed E-state index contributed by atoms with van der Waals surface area (Å²) < 4.78 is 4.88. The van der Waals surface area contributed by atoms with Crippen LogP contribution in [0.4, 0.5) is 4.79 Å². The van der Waals surface area contributed by atoms with E-state index in [0.717, 1.165) is 25.7 Å². The molecule has 346 valence electrons. The van der Waals surface area contributed by atoms with Crippen LogP contribution in [-0.2, 0) is 33.5 Å². The van der Waals surface area contributed by atoms with Crippen molar-refractivity contribution in [3.8, 4) is 0 Å². The van der Waals surface area contributed by atoms with Crippen molar-refractivity contribution >= 4 is 42.8 Å². The first-order chi connectivity index (χ1) is 27.3. The second kappa shape index (κ2) is 44.6. The van der Waals surface area contributed by atoms with Gasteiger partial charge in [-0.1, -0.05) is 116 Å². The second-order valence-corrected chi connectivity index (χ2v) is 14.8. The van der Waals surface area contributed by atoms with Crippen molar-refractivity contribution in [3.63, 3.8) is 0 Å². The number of aldehydes is 1. The van der Waals surface area contributed by atoms with E-state index in [9.17, 15) is 28.8 Å². The molecule has 0 radical (unpaired) electrons. The molecule has 5 atom stereocenters. The van der Waals surface area contributed by atoms with Gasteiger partial charge in [-0.15, -0.1) is 0 Å². The Kier molecular flexibility index (Phi) is 50.9. The molecule has 2 saturated carbocycles. The van der Waals surface area contributed by atoms with Crippen LogP contribution in [0.3, 0.4) is 0 Å². The molecule has 0 heterocycles. The zero-order valence-corrected chi connectivity index (χ0v) is 40.4. The fraction of sp³-hybridized carbons (Fsp3) is 0.841. The zero-order chi connectivity index (χ0) is 46.9. The molecule has 0 aromatic rings.